The monoisotopic (exact) mass is 372 g/mol. The van der Waals surface area contributed by atoms with Gasteiger partial charge in [0.2, 0.25) is 0 Å². The predicted molar refractivity (Wildman–Crippen MR) is 95.1 cm³/mol. The molecule has 1 aliphatic rings. The minimum absolute atomic E-state index is 0.0712. The van der Waals surface area contributed by atoms with E-state index in [1.165, 1.54) is 13.2 Å². The number of halogens is 2. The fourth-order valence-corrected chi connectivity index (χ4v) is 2.63. The molecular weight excluding hydrogens is 346 g/mol. The van der Waals surface area contributed by atoms with Crippen LogP contribution in [0.15, 0.2) is 23.2 Å². The van der Waals surface area contributed by atoms with E-state index in [2.05, 4.69) is 32.3 Å². The number of guanidine groups is 1. The second-order valence-corrected chi connectivity index (χ2v) is 5.91. The molecule has 1 aromatic rings. The molecule has 146 valence electrons. The first-order valence-corrected chi connectivity index (χ1v) is 8.38. The van der Waals surface area contributed by atoms with E-state index in [0.717, 1.165) is 13.1 Å². The molecule has 0 amide bonds. The summed E-state index contributed by atoms with van der Waals surface area (Å²) < 4.78 is 40.6. The Labute approximate surface area is 152 Å². The molecule has 1 aromatic carbocycles. The van der Waals surface area contributed by atoms with E-state index in [1.54, 1.807) is 19.2 Å². The second-order valence-electron chi connectivity index (χ2n) is 5.91. The lowest BCUT2D eigenvalue weighted by Crippen LogP contribution is -2.48. The Morgan fingerprint density at radius 2 is 2.23 bits per heavy atom. The number of ether oxygens (including phenoxy) is 3. The summed E-state index contributed by atoms with van der Waals surface area (Å²) in [6.45, 7) is 0.429. The smallest absolute Gasteiger partial charge is 0.387 e. The number of rotatable bonds is 7. The molecule has 1 atom stereocenters. The van der Waals surface area contributed by atoms with Gasteiger partial charge in [-0.1, -0.05) is 0 Å². The molecule has 0 bridgehead atoms. The lowest BCUT2D eigenvalue weighted by Gasteiger charge is -2.30. The lowest BCUT2D eigenvalue weighted by molar-refractivity contribution is -0.0505. The summed E-state index contributed by atoms with van der Waals surface area (Å²) in [5, 5.41) is 6.28. The summed E-state index contributed by atoms with van der Waals surface area (Å²) in [5.41, 5.74) is 0.543. The zero-order valence-electron chi connectivity index (χ0n) is 15.3. The number of morpholine rings is 1. The minimum atomic E-state index is -2.89. The highest BCUT2D eigenvalue weighted by atomic mass is 19.3. The van der Waals surface area contributed by atoms with Crippen LogP contribution in [0.1, 0.15) is 5.56 Å². The standard InChI is InChI=1S/C17H26F2N4O3/c1-20-17(22-10-14-11-23(2)6-7-25-14)21-9-12-8-13(24-3)4-5-15(12)26-16(18)19/h4-5,8,14,16H,6-7,9-11H2,1-3H3,(H2,20,21,22). The summed E-state index contributed by atoms with van der Waals surface area (Å²) in [5.74, 6) is 1.21. The molecular formula is C17H26F2N4O3. The molecule has 9 heteroatoms. The molecule has 0 aliphatic carbocycles. The van der Waals surface area contributed by atoms with Crippen LogP contribution in [-0.4, -0.2) is 71.0 Å². The Kier molecular flexibility index (Phi) is 7.86. The normalized spacial score (nSPS) is 18.7. The number of aliphatic imine (C=N–C) groups is 1. The van der Waals surface area contributed by atoms with E-state index in [9.17, 15) is 8.78 Å². The lowest BCUT2D eigenvalue weighted by atomic mass is 10.2. The number of benzene rings is 1. The van der Waals surface area contributed by atoms with E-state index in [4.69, 9.17) is 9.47 Å². The summed E-state index contributed by atoms with van der Waals surface area (Å²) in [6, 6.07) is 4.69. The van der Waals surface area contributed by atoms with E-state index in [0.29, 0.717) is 30.4 Å². The van der Waals surface area contributed by atoms with Crippen molar-refractivity contribution < 1.29 is 23.0 Å². The van der Waals surface area contributed by atoms with Gasteiger partial charge in [0.05, 0.1) is 19.8 Å². The first-order chi connectivity index (χ1) is 12.5. The van der Waals surface area contributed by atoms with Gasteiger partial charge in [0.1, 0.15) is 11.5 Å². The van der Waals surface area contributed by atoms with Gasteiger partial charge in [-0.05, 0) is 25.2 Å². The summed E-state index contributed by atoms with van der Waals surface area (Å²) in [7, 11) is 5.21. The highest BCUT2D eigenvalue weighted by Gasteiger charge is 2.18. The van der Waals surface area contributed by atoms with Gasteiger partial charge in [0.25, 0.3) is 0 Å². The van der Waals surface area contributed by atoms with Crippen molar-refractivity contribution in [3.05, 3.63) is 23.8 Å². The van der Waals surface area contributed by atoms with Gasteiger partial charge in [0.15, 0.2) is 5.96 Å². The zero-order valence-corrected chi connectivity index (χ0v) is 15.3. The van der Waals surface area contributed by atoms with Gasteiger partial charge >= 0.3 is 6.61 Å². The van der Waals surface area contributed by atoms with Crippen LogP contribution in [0.25, 0.3) is 0 Å². The molecule has 1 unspecified atom stereocenters. The van der Waals surface area contributed by atoms with Crippen molar-refractivity contribution in [2.45, 2.75) is 19.3 Å². The number of hydrogen-bond donors (Lipinski definition) is 2. The first kappa shape index (κ1) is 20.2. The van der Waals surface area contributed by atoms with Gasteiger partial charge in [-0.3, -0.25) is 4.99 Å². The molecule has 0 spiro atoms. The van der Waals surface area contributed by atoms with Crippen molar-refractivity contribution in [1.29, 1.82) is 0 Å². The number of likely N-dealkylation sites (N-methyl/N-ethyl adjacent to an activating group) is 1. The van der Waals surface area contributed by atoms with Crippen molar-refractivity contribution in [1.82, 2.24) is 15.5 Å². The van der Waals surface area contributed by atoms with Crippen molar-refractivity contribution in [2.24, 2.45) is 4.99 Å². The van der Waals surface area contributed by atoms with E-state index < -0.39 is 6.61 Å². The average molecular weight is 372 g/mol. The molecule has 2 rings (SSSR count). The Morgan fingerprint density at radius 1 is 1.42 bits per heavy atom. The van der Waals surface area contributed by atoms with Crippen LogP contribution in [0, 0.1) is 0 Å². The third-order valence-corrected chi connectivity index (χ3v) is 3.99. The molecule has 1 heterocycles. The van der Waals surface area contributed by atoms with E-state index in [-0.39, 0.29) is 18.4 Å². The maximum absolute atomic E-state index is 12.6. The summed E-state index contributed by atoms with van der Waals surface area (Å²) in [6.07, 6.45) is 0.0712. The van der Waals surface area contributed by atoms with Crippen LogP contribution >= 0.6 is 0 Å². The molecule has 26 heavy (non-hydrogen) atoms. The van der Waals surface area contributed by atoms with Gasteiger partial charge in [-0.2, -0.15) is 8.78 Å². The molecule has 0 radical (unpaired) electrons. The Balaban J connectivity index is 1.92. The SMILES string of the molecule is CN=C(NCc1cc(OC)ccc1OC(F)F)NCC1CN(C)CCO1. The predicted octanol–water partition coefficient (Wildman–Crippen LogP) is 1.29. The quantitative estimate of drug-likeness (QED) is 0.555. The van der Waals surface area contributed by atoms with Crippen molar-refractivity contribution in [3.8, 4) is 11.5 Å². The summed E-state index contributed by atoms with van der Waals surface area (Å²) >= 11 is 0. The first-order valence-electron chi connectivity index (χ1n) is 8.38. The fourth-order valence-electron chi connectivity index (χ4n) is 2.63. The molecule has 1 saturated heterocycles. The molecule has 0 saturated carbocycles. The second kappa shape index (κ2) is 10.1. The number of methoxy groups -OCH3 is 1. The van der Waals surface area contributed by atoms with Crippen molar-refractivity contribution in [3.63, 3.8) is 0 Å². The van der Waals surface area contributed by atoms with Crippen LogP contribution in [0.4, 0.5) is 8.78 Å². The topological polar surface area (TPSA) is 67.4 Å². The van der Waals surface area contributed by atoms with E-state index >= 15 is 0 Å². The zero-order chi connectivity index (χ0) is 18.9. The van der Waals surface area contributed by atoms with Crippen LogP contribution in [0.3, 0.4) is 0 Å². The molecule has 1 fully saturated rings. The Bertz CT molecular complexity index is 601. The van der Waals surface area contributed by atoms with Gasteiger partial charge in [-0.15, -0.1) is 0 Å². The Hall–Kier alpha value is -2.13. The van der Waals surface area contributed by atoms with Crippen molar-refractivity contribution in [2.75, 3.05) is 47.4 Å². The number of nitrogens with one attached hydrogen (secondary N) is 2. The third-order valence-electron chi connectivity index (χ3n) is 3.99. The largest absolute Gasteiger partial charge is 0.497 e. The fraction of sp³-hybridized carbons (Fsp3) is 0.588. The number of alkyl halides is 2. The van der Waals surface area contributed by atoms with Gasteiger partial charge in [-0.25, -0.2) is 0 Å². The van der Waals surface area contributed by atoms with Crippen molar-refractivity contribution >= 4 is 5.96 Å². The van der Waals surface area contributed by atoms with Crippen LogP contribution in [0.5, 0.6) is 11.5 Å². The number of hydrogen-bond acceptors (Lipinski definition) is 5. The number of nitrogens with zero attached hydrogens (tertiary/aromatic N) is 2. The highest BCUT2D eigenvalue weighted by molar-refractivity contribution is 5.79. The molecule has 0 aromatic heterocycles. The molecule has 7 nitrogen and oxygen atoms in total. The van der Waals surface area contributed by atoms with Crippen LogP contribution < -0.4 is 20.1 Å². The van der Waals surface area contributed by atoms with E-state index in [1.807, 2.05) is 0 Å². The highest BCUT2D eigenvalue weighted by Crippen LogP contribution is 2.25. The molecule has 2 N–H and O–H groups in total. The van der Waals surface area contributed by atoms with Gasteiger partial charge in [0, 0.05) is 38.8 Å². The Morgan fingerprint density at radius 3 is 2.88 bits per heavy atom. The maximum atomic E-state index is 12.6. The van der Waals surface area contributed by atoms with Crippen LogP contribution in [-0.2, 0) is 11.3 Å². The minimum Gasteiger partial charge on any atom is -0.497 e. The van der Waals surface area contributed by atoms with Crippen LogP contribution in [0.2, 0.25) is 0 Å². The summed E-state index contributed by atoms with van der Waals surface area (Å²) in [4.78, 5) is 6.35. The van der Waals surface area contributed by atoms with Gasteiger partial charge < -0.3 is 29.7 Å². The maximum Gasteiger partial charge on any atom is 0.387 e. The molecule has 1 aliphatic heterocycles. The average Bonchev–Trinajstić information content (AvgIpc) is 2.62. The third kappa shape index (κ3) is 6.30.